The molecule has 0 fully saturated rings. The molecule has 0 saturated carbocycles. The number of hydrogen-bond acceptors (Lipinski definition) is 1. The highest BCUT2D eigenvalue weighted by atomic mass is 79.9. The van der Waals surface area contributed by atoms with Gasteiger partial charge >= 0.3 is 0 Å². The van der Waals surface area contributed by atoms with E-state index < -0.39 is 11.6 Å². The molecule has 0 aliphatic heterocycles. The maximum Gasteiger partial charge on any atom is 0.160 e. The highest BCUT2D eigenvalue weighted by molar-refractivity contribution is 9.10. The van der Waals surface area contributed by atoms with Crippen molar-refractivity contribution in [3.8, 4) is 11.8 Å². The van der Waals surface area contributed by atoms with Crippen molar-refractivity contribution in [1.29, 1.82) is 0 Å². The summed E-state index contributed by atoms with van der Waals surface area (Å²) in [4.78, 5) is 3.90. The zero-order valence-electron chi connectivity index (χ0n) is 8.55. The van der Waals surface area contributed by atoms with Crippen molar-refractivity contribution in [2.75, 3.05) is 0 Å². The molecule has 17 heavy (non-hydrogen) atoms. The van der Waals surface area contributed by atoms with Crippen LogP contribution in [-0.4, -0.2) is 4.98 Å². The molecule has 1 aromatic carbocycles. The van der Waals surface area contributed by atoms with Crippen molar-refractivity contribution < 1.29 is 8.78 Å². The topological polar surface area (TPSA) is 12.9 Å². The minimum Gasteiger partial charge on any atom is -0.263 e. The molecule has 4 heteroatoms. The molecule has 1 aromatic heterocycles. The first-order chi connectivity index (χ1) is 8.16. The van der Waals surface area contributed by atoms with E-state index in [4.69, 9.17) is 0 Å². The normalized spacial score (nSPS) is 9.59. The molecule has 0 radical (unpaired) electrons. The lowest BCUT2D eigenvalue weighted by molar-refractivity contribution is 0.507. The first-order valence-electron chi connectivity index (χ1n) is 4.73. The van der Waals surface area contributed by atoms with Gasteiger partial charge in [-0.15, -0.1) is 0 Å². The van der Waals surface area contributed by atoms with Crippen LogP contribution in [0.15, 0.2) is 41.1 Å². The summed E-state index contributed by atoms with van der Waals surface area (Å²) < 4.78 is 26.3. The van der Waals surface area contributed by atoms with Crippen LogP contribution < -0.4 is 0 Å². The molecule has 0 bridgehead atoms. The van der Waals surface area contributed by atoms with Crippen LogP contribution in [0.2, 0.25) is 0 Å². The number of benzene rings is 1. The summed E-state index contributed by atoms with van der Waals surface area (Å²) in [6.07, 6.45) is 3.24. The van der Waals surface area contributed by atoms with Gasteiger partial charge in [0.25, 0.3) is 0 Å². The van der Waals surface area contributed by atoms with Crippen molar-refractivity contribution in [1.82, 2.24) is 4.98 Å². The Morgan fingerprint density at radius 2 is 1.88 bits per heavy atom. The van der Waals surface area contributed by atoms with Gasteiger partial charge < -0.3 is 0 Å². The number of nitrogens with zero attached hydrogens (tertiary/aromatic N) is 1. The van der Waals surface area contributed by atoms with Crippen LogP contribution in [-0.2, 0) is 0 Å². The van der Waals surface area contributed by atoms with Gasteiger partial charge in [0.05, 0.1) is 0 Å². The van der Waals surface area contributed by atoms with E-state index in [9.17, 15) is 8.78 Å². The van der Waals surface area contributed by atoms with Crippen LogP contribution in [0.1, 0.15) is 11.1 Å². The molecule has 2 rings (SSSR count). The molecular formula is C13H6BrF2N. The van der Waals surface area contributed by atoms with Gasteiger partial charge in [0.2, 0.25) is 0 Å². The van der Waals surface area contributed by atoms with Gasteiger partial charge in [-0.05, 0) is 40.2 Å². The van der Waals surface area contributed by atoms with Gasteiger partial charge in [-0.3, -0.25) is 4.98 Å². The fraction of sp³-hybridized carbons (Fsp3) is 0. The van der Waals surface area contributed by atoms with Crippen molar-refractivity contribution in [3.63, 3.8) is 0 Å². The molecule has 1 heterocycles. The Bertz CT molecular complexity index is 600. The molecule has 0 spiro atoms. The smallest absolute Gasteiger partial charge is 0.160 e. The number of aromatic nitrogens is 1. The van der Waals surface area contributed by atoms with E-state index in [0.717, 1.165) is 12.1 Å². The van der Waals surface area contributed by atoms with E-state index in [1.807, 2.05) is 0 Å². The maximum absolute atomic E-state index is 13.0. The summed E-state index contributed by atoms with van der Waals surface area (Å²) in [5.74, 6) is 3.76. The molecule has 0 atom stereocenters. The lowest BCUT2D eigenvalue weighted by atomic mass is 10.2. The standard InChI is InChI=1S/C13H6BrF2N/c14-11-7-13(16)12(15)6-10(11)4-3-9-2-1-5-17-8-9/h1-2,5-8H. The highest BCUT2D eigenvalue weighted by Gasteiger charge is 2.05. The molecule has 0 N–H and O–H groups in total. The van der Waals surface area contributed by atoms with Gasteiger partial charge in [0, 0.05) is 28.0 Å². The highest BCUT2D eigenvalue weighted by Crippen LogP contribution is 2.19. The van der Waals surface area contributed by atoms with E-state index in [-0.39, 0.29) is 0 Å². The lowest BCUT2D eigenvalue weighted by Gasteiger charge is -1.97. The molecule has 2 aromatic rings. The summed E-state index contributed by atoms with van der Waals surface area (Å²) in [5.41, 5.74) is 1.11. The zero-order valence-corrected chi connectivity index (χ0v) is 10.1. The molecule has 0 aliphatic carbocycles. The largest absolute Gasteiger partial charge is 0.263 e. The fourth-order valence-electron chi connectivity index (χ4n) is 1.19. The Morgan fingerprint density at radius 3 is 2.59 bits per heavy atom. The van der Waals surface area contributed by atoms with Gasteiger partial charge in [-0.25, -0.2) is 8.78 Å². The van der Waals surface area contributed by atoms with E-state index in [1.54, 1.807) is 24.5 Å². The Balaban J connectivity index is 2.38. The van der Waals surface area contributed by atoms with Crippen molar-refractivity contribution >= 4 is 15.9 Å². The third kappa shape index (κ3) is 2.89. The quantitative estimate of drug-likeness (QED) is 0.535. The van der Waals surface area contributed by atoms with Gasteiger partial charge in [0.15, 0.2) is 11.6 Å². The van der Waals surface area contributed by atoms with E-state index >= 15 is 0 Å². The second kappa shape index (κ2) is 5.07. The van der Waals surface area contributed by atoms with Crippen LogP contribution in [0, 0.1) is 23.5 Å². The fourth-order valence-corrected chi connectivity index (χ4v) is 1.61. The maximum atomic E-state index is 13.0. The first-order valence-corrected chi connectivity index (χ1v) is 5.53. The molecular weight excluding hydrogens is 288 g/mol. The third-order valence-electron chi connectivity index (χ3n) is 2.01. The second-order valence-electron chi connectivity index (χ2n) is 3.24. The van der Waals surface area contributed by atoms with Crippen LogP contribution in [0.25, 0.3) is 0 Å². The molecule has 0 unspecified atom stereocenters. The molecule has 1 nitrogen and oxygen atoms in total. The van der Waals surface area contributed by atoms with E-state index in [1.165, 1.54) is 0 Å². The predicted octanol–water partition coefficient (Wildman–Crippen LogP) is 3.52. The van der Waals surface area contributed by atoms with Crippen molar-refractivity contribution in [2.24, 2.45) is 0 Å². The minimum absolute atomic E-state index is 0.396. The van der Waals surface area contributed by atoms with Crippen LogP contribution >= 0.6 is 15.9 Å². The van der Waals surface area contributed by atoms with Crippen LogP contribution in [0.5, 0.6) is 0 Å². The Labute approximate surface area is 106 Å². The summed E-state index contributed by atoms with van der Waals surface area (Å²) in [5, 5.41) is 0. The SMILES string of the molecule is Fc1cc(Br)c(C#Cc2cccnc2)cc1F. The monoisotopic (exact) mass is 293 g/mol. The lowest BCUT2D eigenvalue weighted by Crippen LogP contribution is -1.87. The Hall–Kier alpha value is -1.73. The predicted molar refractivity (Wildman–Crippen MR) is 64.3 cm³/mol. The average Bonchev–Trinajstić information content (AvgIpc) is 2.33. The van der Waals surface area contributed by atoms with Gasteiger partial charge in [0.1, 0.15) is 0 Å². The first kappa shape index (κ1) is 11.7. The second-order valence-corrected chi connectivity index (χ2v) is 4.09. The number of rotatable bonds is 0. The summed E-state index contributed by atoms with van der Waals surface area (Å²) in [6, 6.07) is 5.66. The van der Waals surface area contributed by atoms with Crippen molar-refractivity contribution in [3.05, 3.63) is 63.9 Å². The third-order valence-corrected chi connectivity index (χ3v) is 2.67. The zero-order chi connectivity index (χ0) is 12.3. The number of halogens is 3. The Morgan fingerprint density at radius 1 is 1.12 bits per heavy atom. The average molecular weight is 294 g/mol. The summed E-state index contributed by atoms with van der Waals surface area (Å²) in [7, 11) is 0. The van der Waals surface area contributed by atoms with E-state index in [2.05, 4.69) is 32.8 Å². The van der Waals surface area contributed by atoms with Gasteiger partial charge in [-0.1, -0.05) is 11.8 Å². The van der Waals surface area contributed by atoms with Crippen LogP contribution in [0.3, 0.4) is 0 Å². The number of hydrogen-bond donors (Lipinski definition) is 0. The Kier molecular flexibility index (Phi) is 3.50. The summed E-state index contributed by atoms with van der Waals surface area (Å²) in [6.45, 7) is 0. The summed E-state index contributed by atoms with van der Waals surface area (Å²) >= 11 is 3.13. The van der Waals surface area contributed by atoms with Crippen LogP contribution in [0.4, 0.5) is 8.78 Å². The van der Waals surface area contributed by atoms with E-state index in [0.29, 0.717) is 15.6 Å². The molecule has 0 aliphatic rings. The van der Waals surface area contributed by atoms with Gasteiger partial charge in [-0.2, -0.15) is 0 Å². The number of pyridine rings is 1. The molecule has 0 saturated heterocycles. The molecule has 0 amide bonds. The van der Waals surface area contributed by atoms with Crippen molar-refractivity contribution in [2.45, 2.75) is 0 Å². The minimum atomic E-state index is -0.913. The molecule has 84 valence electrons.